The Labute approximate surface area is 111 Å². The molecule has 0 saturated carbocycles. The summed E-state index contributed by atoms with van der Waals surface area (Å²) in [4.78, 5) is 16.0. The van der Waals surface area contributed by atoms with E-state index in [2.05, 4.69) is 4.98 Å². The van der Waals surface area contributed by atoms with Gasteiger partial charge in [0.2, 0.25) is 0 Å². The lowest BCUT2D eigenvalue weighted by Crippen LogP contribution is -2.12. The Morgan fingerprint density at radius 2 is 2.11 bits per heavy atom. The molecule has 2 rings (SSSR count). The van der Waals surface area contributed by atoms with Crippen LogP contribution in [0.25, 0.3) is 0 Å². The van der Waals surface area contributed by atoms with Crippen LogP contribution in [0.4, 0.5) is 4.39 Å². The van der Waals surface area contributed by atoms with Crippen molar-refractivity contribution in [1.29, 1.82) is 0 Å². The number of benzene rings is 1. The molecule has 0 aliphatic heterocycles. The molecular formula is C15H14FNO2. The van der Waals surface area contributed by atoms with Crippen LogP contribution in [0.3, 0.4) is 0 Å². The van der Waals surface area contributed by atoms with Crippen molar-refractivity contribution >= 4 is 5.97 Å². The highest BCUT2D eigenvalue weighted by Gasteiger charge is 2.17. The fourth-order valence-corrected chi connectivity index (χ4v) is 1.70. The van der Waals surface area contributed by atoms with E-state index in [-0.39, 0.29) is 5.56 Å². The van der Waals surface area contributed by atoms with E-state index < -0.39 is 17.9 Å². The van der Waals surface area contributed by atoms with Gasteiger partial charge in [-0.15, -0.1) is 0 Å². The maximum absolute atomic E-state index is 13.6. The number of aromatic nitrogens is 1. The first-order chi connectivity index (χ1) is 9.08. The Morgan fingerprint density at radius 1 is 1.32 bits per heavy atom. The average Bonchev–Trinajstić information content (AvgIpc) is 2.42. The summed E-state index contributed by atoms with van der Waals surface area (Å²) in [6.45, 7) is 3.49. The number of carbonyl (C=O) groups is 1. The fourth-order valence-electron chi connectivity index (χ4n) is 1.70. The van der Waals surface area contributed by atoms with E-state index in [0.717, 1.165) is 5.56 Å². The molecule has 0 fully saturated rings. The third-order valence-electron chi connectivity index (χ3n) is 2.73. The summed E-state index contributed by atoms with van der Waals surface area (Å²) in [7, 11) is 0. The zero-order valence-electron chi connectivity index (χ0n) is 10.8. The van der Waals surface area contributed by atoms with Crippen molar-refractivity contribution in [3.63, 3.8) is 0 Å². The van der Waals surface area contributed by atoms with E-state index >= 15 is 0 Å². The number of halogens is 1. The van der Waals surface area contributed by atoms with Gasteiger partial charge in [-0.1, -0.05) is 17.7 Å². The topological polar surface area (TPSA) is 39.2 Å². The minimum absolute atomic E-state index is 0.0530. The van der Waals surface area contributed by atoms with Crippen LogP contribution in [0.1, 0.15) is 34.6 Å². The fraction of sp³-hybridized carbons (Fsp3) is 0.200. The Balaban J connectivity index is 2.15. The van der Waals surface area contributed by atoms with Gasteiger partial charge in [0.1, 0.15) is 11.9 Å². The molecule has 1 aromatic heterocycles. The second-order valence-corrected chi connectivity index (χ2v) is 4.29. The van der Waals surface area contributed by atoms with Crippen molar-refractivity contribution in [2.45, 2.75) is 20.0 Å². The summed E-state index contributed by atoms with van der Waals surface area (Å²) in [5.41, 5.74) is 1.38. The first kappa shape index (κ1) is 13.2. The smallest absolute Gasteiger partial charge is 0.341 e. The third kappa shape index (κ3) is 3.16. The number of pyridine rings is 1. The summed E-state index contributed by atoms with van der Waals surface area (Å²) in [5.74, 6) is -1.26. The van der Waals surface area contributed by atoms with Gasteiger partial charge < -0.3 is 4.74 Å². The highest BCUT2D eigenvalue weighted by Crippen LogP contribution is 2.18. The van der Waals surface area contributed by atoms with Crippen LogP contribution in [-0.4, -0.2) is 11.0 Å². The van der Waals surface area contributed by atoms with Gasteiger partial charge in [-0.05, 0) is 38.1 Å². The zero-order valence-corrected chi connectivity index (χ0v) is 10.8. The van der Waals surface area contributed by atoms with Crippen molar-refractivity contribution in [2.24, 2.45) is 0 Å². The first-order valence-corrected chi connectivity index (χ1v) is 5.96. The molecule has 98 valence electrons. The van der Waals surface area contributed by atoms with Crippen LogP contribution in [0, 0.1) is 12.7 Å². The van der Waals surface area contributed by atoms with Crippen LogP contribution in [0.15, 0.2) is 42.6 Å². The second kappa shape index (κ2) is 5.61. The van der Waals surface area contributed by atoms with E-state index in [1.807, 2.05) is 0 Å². The molecule has 0 saturated heterocycles. The number of esters is 1. The van der Waals surface area contributed by atoms with Crippen LogP contribution in [0.2, 0.25) is 0 Å². The monoisotopic (exact) mass is 259 g/mol. The summed E-state index contributed by atoms with van der Waals surface area (Å²) in [6.07, 6.45) is 1.10. The quantitative estimate of drug-likeness (QED) is 0.792. The summed E-state index contributed by atoms with van der Waals surface area (Å²) < 4.78 is 18.8. The Kier molecular flexibility index (Phi) is 3.90. The standard InChI is InChI=1S/C15H14FNO2/c1-10-6-7-13(16)12(9-10)15(18)19-11(2)14-5-3-4-8-17-14/h3-9,11H,1-2H3. The number of hydrogen-bond donors (Lipinski definition) is 0. The minimum atomic E-state index is -0.681. The van der Waals surface area contributed by atoms with E-state index in [1.54, 1.807) is 44.3 Å². The third-order valence-corrected chi connectivity index (χ3v) is 2.73. The second-order valence-electron chi connectivity index (χ2n) is 4.29. The number of hydrogen-bond acceptors (Lipinski definition) is 3. The highest BCUT2D eigenvalue weighted by atomic mass is 19.1. The molecule has 0 aliphatic carbocycles. The number of aryl methyl sites for hydroxylation is 1. The van der Waals surface area contributed by atoms with E-state index in [4.69, 9.17) is 4.74 Å². The molecule has 1 heterocycles. The van der Waals surface area contributed by atoms with Crippen LogP contribution >= 0.6 is 0 Å². The van der Waals surface area contributed by atoms with Gasteiger partial charge in [-0.25, -0.2) is 9.18 Å². The van der Waals surface area contributed by atoms with Gasteiger partial charge in [0.15, 0.2) is 0 Å². The van der Waals surface area contributed by atoms with Gasteiger partial charge in [0, 0.05) is 6.20 Å². The molecule has 0 amide bonds. The summed E-state index contributed by atoms with van der Waals surface area (Å²) >= 11 is 0. The SMILES string of the molecule is Cc1ccc(F)c(C(=O)OC(C)c2ccccn2)c1. The van der Waals surface area contributed by atoms with E-state index in [0.29, 0.717) is 5.69 Å². The lowest BCUT2D eigenvalue weighted by atomic mass is 10.1. The first-order valence-electron chi connectivity index (χ1n) is 5.96. The normalized spacial score (nSPS) is 11.9. The van der Waals surface area contributed by atoms with Gasteiger partial charge in [-0.2, -0.15) is 0 Å². The van der Waals surface area contributed by atoms with Gasteiger partial charge in [0.05, 0.1) is 11.3 Å². The number of nitrogens with zero attached hydrogens (tertiary/aromatic N) is 1. The number of carbonyl (C=O) groups excluding carboxylic acids is 1. The molecule has 19 heavy (non-hydrogen) atoms. The van der Waals surface area contributed by atoms with Crippen molar-refractivity contribution in [1.82, 2.24) is 4.98 Å². The molecule has 0 bridgehead atoms. The molecule has 1 atom stereocenters. The highest BCUT2D eigenvalue weighted by molar-refractivity contribution is 5.90. The summed E-state index contributed by atoms with van der Waals surface area (Å²) in [5, 5.41) is 0. The van der Waals surface area contributed by atoms with E-state index in [1.165, 1.54) is 12.1 Å². The molecule has 2 aromatic rings. The predicted octanol–water partition coefficient (Wildman–Crippen LogP) is 3.45. The number of rotatable bonds is 3. The van der Waals surface area contributed by atoms with Crippen molar-refractivity contribution in [3.8, 4) is 0 Å². The molecule has 0 aliphatic rings. The van der Waals surface area contributed by atoms with Crippen molar-refractivity contribution in [3.05, 3.63) is 65.2 Å². The van der Waals surface area contributed by atoms with Crippen molar-refractivity contribution in [2.75, 3.05) is 0 Å². The average molecular weight is 259 g/mol. The largest absolute Gasteiger partial charge is 0.452 e. The number of ether oxygens (including phenoxy) is 1. The van der Waals surface area contributed by atoms with Gasteiger partial charge in [-0.3, -0.25) is 4.98 Å². The lowest BCUT2D eigenvalue weighted by Gasteiger charge is -2.13. The predicted molar refractivity (Wildman–Crippen MR) is 69.2 cm³/mol. The zero-order chi connectivity index (χ0) is 13.8. The van der Waals surface area contributed by atoms with Crippen LogP contribution in [0.5, 0.6) is 0 Å². The minimum Gasteiger partial charge on any atom is -0.452 e. The molecule has 0 spiro atoms. The molecule has 1 aromatic carbocycles. The Hall–Kier alpha value is -2.23. The van der Waals surface area contributed by atoms with Crippen molar-refractivity contribution < 1.29 is 13.9 Å². The summed E-state index contributed by atoms with van der Waals surface area (Å²) in [6, 6.07) is 9.68. The van der Waals surface area contributed by atoms with Crippen LogP contribution < -0.4 is 0 Å². The molecule has 3 nitrogen and oxygen atoms in total. The molecule has 1 unspecified atom stereocenters. The maximum Gasteiger partial charge on any atom is 0.341 e. The Morgan fingerprint density at radius 3 is 2.79 bits per heavy atom. The molecule has 0 N–H and O–H groups in total. The lowest BCUT2D eigenvalue weighted by molar-refractivity contribution is 0.0324. The molecule has 0 radical (unpaired) electrons. The molecule has 4 heteroatoms. The van der Waals surface area contributed by atoms with Gasteiger partial charge >= 0.3 is 5.97 Å². The molecular weight excluding hydrogens is 245 g/mol. The maximum atomic E-state index is 13.6. The Bertz CT molecular complexity index is 584. The van der Waals surface area contributed by atoms with Gasteiger partial charge in [0.25, 0.3) is 0 Å². The van der Waals surface area contributed by atoms with Crippen LogP contribution in [-0.2, 0) is 4.74 Å². The van der Waals surface area contributed by atoms with E-state index in [9.17, 15) is 9.18 Å².